The van der Waals surface area contributed by atoms with E-state index in [1.165, 1.54) is 12.1 Å². The number of aromatic nitrogens is 1. The zero-order valence-electron chi connectivity index (χ0n) is 19.2. The van der Waals surface area contributed by atoms with Gasteiger partial charge in [-0.05, 0) is 48.4 Å². The summed E-state index contributed by atoms with van der Waals surface area (Å²) in [5.41, 5.74) is 3.00. The number of aromatic amines is 1. The Morgan fingerprint density at radius 2 is 1.94 bits per heavy atom. The molecule has 0 aliphatic heterocycles. The van der Waals surface area contributed by atoms with Crippen molar-refractivity contribution in [2.45, 2.75) is 32.5 Å². The maximum absolute atomic E-state index is 14.1. The number of hydrogen-bond donors (Lipinski definition) is 3. The molecule has 0 saturated heterocycles. The van der Waals surface area contributed by atoms with Crippen LogP contribution < -0.4 is 14.8 Å². The number of halogens is 2. The van der Waals surface area contributed by atoms with E-state index in [0.29, 0.717) is 36.1 Å². The van der Waals surface area contributed by atoms with Crippen molar-refractivity contribution in [3.05, 3.63) is 94.4 Å². The van der Waals surface area contributed by atoms with E-state index in [4.69, 9.17) is 21.1 Å². The Morgan fingerprint density at radius 1 is 1.11 bits per heavy atom. The van der Waals surface area contributed by atoms with Gasteiger partial charge in [-0.1, -0.05) is 41.9 Å². The third-order valence-electron chi connectivity index (χ3n) is 5.69. The van der Waals surface area contributed by atoms with E-state index >= 15 is 0 Å². The molecular weight excluding hydrogens is 471 g/mol. The standard InChI is InChI=1S/C27H26ClFN2O4/c1-2-34-26-12-17(10-11-25(26)35-16-20-21(28)7-5-8-22(20)29)14-30-24(27(32)33)13-18-15-31-23-9-4-3-6-19(18)23/h3-12,15,24,30-31H,2,13-14,16H2,1H3,(H,32,33)/t24-/m0/s1. The molecule has 3 aromatic carbocycles. The van der Waals surface area contributed by atoms with E-state index in [2.05, 4.69) is 10.3 Å². The van der Waals surface area contributed by atoms with Gasteiger partial charge >= 0.3 is 5.97 Å². The van der Waals surface area contributed by atoms with Crippen LogP contribution in [0.25, 0.3) is 10.9 Å². The van der Waals surface area contributed by atoms with Crippen LogP contribution >= 0.6 is 11.6 Å². The lowest BCUT2D eigenvalue weighted by molar-refractivity contribution is -0.139. The molecule has 1 heterocycles. The first-order chi connectivity index (χ1) is 17.0. The van der Waals surface area contributed by atoms with E-state index in [9.17, 15) is 14.3 Å². The summed E-state index contributed by atoms with van der Waals surface area (Å²) in [7, 11) is 0. The molecule has 0 unspecified atom stereocenters. The lowest BCUT2D eigenvalue weighted by Gasteiger charge is -2.17. The lowest BCUT2D eigenvalue weighted by atomic mass is 10.0. The molecule has 3 N–H and O–H groups in total. The fourth-order valence-electron chi connectivity index (χ4n) is 3.88. The number of para-hydroxylation sites is 1. The van der Waals surface area contributed by atoms with E-state index in [-0.39, 0.29) is 12.2 Å². The molecule has 0 amide bonds. The Morgan fingerprint density at radius 3 is 2.71 bits per heavy atom. The maximum Gasteiger partial charge on any atom is 0.321 e. The third kappa shape index (κ3) is 5.93. The quantitative estimate of drug-likeness (QED) is 0.247. The number of carboxylic acids is 1. The molecule has 0 bridgehead atoms. The van der Waals surface area contributed by atoms with Gasteiger partial charge in [-0.2, -0.15) is 0 Å². The predicted molar refractivity (Wildman–Crippen MR) is 134 cm³/mol. The van der Waals surface area contributed by atoms with Crippen molar-refractivity contribution in [3.63, 3.8) is 0 Å². The van der Waals surface area contributed by atoms with E-state index in [0.717, 1.165) is 22.0 Å². The van der Waals surface area contributed by atoms with Gasteiger partial charge in [0.05, 0.1) is 11.6 Å². The second-order valence-corrected chi connectivity index (χ2v) is 8.45. The minimum absolute atomic E-state index is 0.0467. The number of benzene rings is 3. The number of H-pyrrole nitrogens is 1. The molecule has 4 aromatic rings. The molecule has 0 aliphatic rings. The first-order valence-electron chi connectivity index (χ1n) is 11.3. The minimum atomic E-state index is -0.929. The minimum Gasteiger partial charge on any atom is -0.490 e. The van der Waals surface area contributed by atoms with Crippen LogP contribution in [0.3, 0.4) is 0 Å². The van der Waals surface area contributed by atoms with Gasteiger partial charge in [0, 0.05) is 35.6 Å². The van der Waals surface area contributed by atoms with Gasteiger partial charge < -0.3 is 24.9 Å². The molecule has 4 rings (SSSR count). The number of ether oxygens (including phenoxy) is 2. The SMILES string of the molecule is CCOc1cc(CN[C@@H](Cc2c[nH]c3ccccc23)C(=O)O)ccc1OCc1c(F)cccc1Cl. The number of nitrogens with one attached hydrogen (secondary N) is 2. The summed E-state index contributed by atoms with van der Waals surface area (Å²) in [4.78, 5) is 15.1. The smallest absolute Gasteiger partial charge is 0.321 e. The van der Waals surface area contributed by atoms with Gasteiger partial charge in [-0.25, -0.2) is 4.39 Å². The maximum atomic E-state index is 14.1. The van der Waals surface area contributed by atoms with Gasteiger partial charge in [0.2, 0.25) is 0 Å². The molecule has 0 radical (unpaired) electrons. The number of fused-ring (bicyclic) bond motifs is 1. The molecular formula is C27H26ClFN2O4. The average Bonchev–Trinajstić information content (AvgIpc) is 3.25. The summed E-state index contributed by atoms with van der Waals surface area (Å²) in [5, 5.41) is 14.2. The fraction of sp³-hybridized carbons (Fsp3) is 0.222. The molecule has 0 aliphatic carbocycles. The second-order valence-electron chi connectivity index (χ2n) is 8.04. The van der Waals surface area contributed by atoms with Crippen molar-refractivity contribution < 1.29 is 23.8 Å². The highest BCUT2D eigenvalue weighted by atomic mass is 35.5. The third-order valence-corrected chi connectivity index (χ3v) is 6.05. The molecule has 1 aromatic heterocycles. The first-order valence-corrected chi connectivity index (χ1v) is 11.7. The fourth-order valence-corrected chi connectivity index (χ4v) is 4.10. The Kier molecular flexibility index (Phi) is 7.90. The summed E-state index contributed by atoms with van der Waals surface area (Å²) in [5.74, 6) is -0.431. The highest BCUT2D eigenvalue weighted by molar-refractivity contribution is 6.31. The highest BCUT2D eigenvalue weighted by Gasteiger charge is 2.20. The molecule has 0 fully saturated rings. The largest absolute Gasteiger partial charge is 0.490 e. The summed E-state index contributed by atoms with van der Waals surface area (Å²) < 4.78 is 25.6. The monoisotopic (exact) mass is 496 g/mol. The second kappa shape index (κ2) is 11.3. The molecule has 182 valence electrons. The van der Waals surface area contributed by atoms with Crippen molar-refractivity contribution >= 4 is 28.5 Å². The molecule has 0 spiro atoms. The molecule has 8 heteroatoms. The number of aliphatic carboxylic acids is 1. The van der Waals surface area contributed by atoms with Gasteiger partial charge in [0.15, 0.2) is 11.5 Å². The van der Waals surface area contributed by atoms with Crippen LogP contribution in [-0.2, 0) is 24.4 Å². The summed E-state index contributed by atoms with van der Waals surface area (Å²) in [6.45, 7) is 2.53. The number of rotatable bonds is 11. The van der Waals surface area contributed by atoms with Crippen molar-refractivity contribution in [3.8, 4) is 11.5 Å². The topological polar surface area (TPSA) is 83.6 Å². The highest BCUT2D eigenvalue weighted by Crippen LogP contribution is 2.31. The van der Waals surface area contributed by atoms with Crippen LogP contribution in [0.5, 0.6) is 11.5 Å². The normalized spacial score (nSPS) is 12.0. The molecule has 0 saturated carbocycles. The first kappa shape index (κ1) is 24.6. The van der Waals surface area contributed by atoms with Crippen LogP contribution in [0, 0.1) is 5.82 Å². The van der Waals surface area contributed by atoms with Gasteiger partial charge in [0.25, 0.3) is 0 Å². The van der Waals surface area contributed by atoms with Crippen LogP contribution in [0.4, 0.5) is 4.39 Å². The van der Waals surface area contributed by atoms with Crippen molar-refractivity contribution in [1.29, 1.82) is 0 Å². The van der Waals surface area contributed by atoms with Gasteiger partial charge in [-0.3, -0.25) is 4.79 Å². The van der Waals surface area contributed by atoms with Gasteiger partial charge in [-0.15, -0.1) is 0 Å². The zero-order valence-corrected chi connectivity index (χ0v) is 19.9. The van der Waals surface area contributed by atoms with E-state index in [1.807, 2.05) is 43.5 Å². The van der Waals surface area contributed by atoms with Crippen LogP contribution in [-0.4, -0.2) is 28.7 Å². The summed E-state index contributed by atoms with van der Waals surface area (Å²) >= 11 is 6.09. The Hall–Kier alpha value is -3.55. The summed E-state index contributed by atoms with van der Waals surface area (Å²) in [6.07, 6.45) is 2.19. The van der Waals surface area contributed by atoms with Crippen molar-refractivity contribution in [2.24, 2.45) is 0 Å². The van der Waals surface area contributed by atoms with Gasteiger partial charge in [0.1, 0.15) is 18.5 Å². The lowest BCUT2D eigenvalue weighted by Crippen LogP contribution is -2.38. The number of hydrogen-bond acceptors (Lipinski definition) is 4. The van der Waals surface area contributed by atoms with E-state index < -0.39 is 17.8 Å². The Balaban J connectivity index is 1.45. The van der Waals surface area contributed by atoms with Crippen LogP contribution in [0.2, 0.25) is 5.02 Å². The molecule has 6 nitrogen and oxygen atoms in total. The zero-order chi connectivity index (χ0) is 24.8. The number of carboxylic acid groups (broad SMARTS) is 1. The van der Waals surface area contributed by atoms with Crippen molar-refractivity contribution in [1.82, 2.24) is 10.3 Å². The van der Waals surface area contributed by atoms with Crippen LogP contribution in [0.15, 0.2) is 66.9 Å². The predicted octanol–water partition coefficient (Wildman–Crippen LogP) is 5.72. The van der Waals surface area contributed by atoms with Crippen LogP contribution in [0.1, 0.15) is 23.6 Å². The molecule has 35 heavy (non-hydrogen) atoms. The molecule has 1 atom stereocenters. The Labute approximate surface area is 207 Å². The van der Waals surface area contributed by atoms with E-state index in [1.54, 1.807) is 18.2 Å². The number of carbonyl (C=O) groups is 1. The average molecular weight is 497 g/mol. The summed E-state index contributed by atoms with van der Waals surface area (Å²) in [6, 6.07) is 16.8. The van der Waals surface area contributed by atoms with Crippen molar-refractivity contribution in [2.75, 3.05) is 6.61 Å². The Bertz CT molecular complexity index is 1300.